The van der Waals surface area contributed by atoms with Crippen molar-refractivity contribution in [3.05, 3.63) is 118 Å². The Bertz CT molecular complexity index is 2400. The van der Waals surface area contributed by atoms with Crippen molar-refractivity contribution in [2.45, 2.75) is 64.9 Å². The van der Waals surface area contributed by atoms with E-state index in [0.717, 1.165) is 52.8 Å². The molecule has 2 aliphatic rings. The molecule has 264 valence electrons. The van der Waals surface area contributed by atoms with Gasteiger partial charge in [-0.3, -0.25) is 0 Å². The highest BCUT2D eigenvalue weighted by Crippen LogP contribution is 2.40. The molecule has 0 bridgehead atoms. The Balaban J connectivity index is 0.000000187. The molecule has 0 fully saturated rings. The Morgan fingerprint density at radius 2 is 1.16 bits per heavy atom. The van der Waals surface area contributed by atoms with Gasteiger partial charge in [-0.1, -0.05) is 59.6 Å². The second kappa shape index (κ2) is 14.9. The van der Waals surface area contributed by atoms with Crippen molar-refractivity contribution < 1.29 is 25.7 Å². The van der Waals surface area contributed by atoms with Crippen LogP contribution in [0.4, 0.5) is 0 Å². The van der Waals surface area contributed by atoms with Gasteiger partial charge in [-0.2, -0.15) is 0 Å². The highest BCUT2D eigenvalue weighted by atomic mass is 35.5. The molecule has 0 saturated carbocycles. The number of hydrogen-bond donors (Lipinski definition) is 2. The first-order valence-corrected chi connectivity index (χ1v) is 19.2. The van der Waals surface area contributed by atoms with Crippen molar-refractivity contribution in [3.63, 3.8) is 0 Å². The van der Waals surface area contributed by atoms with Crippen molar-refractivity contribution in [1.82, 2.24) is 10.6 Å². The van der Waals surface area contributed by atoms with Crippen LogP contribution in [0.5, 0.6) is 0 Å². The topological polar surface area (TPSA) is 119 Å². The lowest BCUT2D eigenvalue weighted by Gasteiger charge is -2.19. The summed E-state index contributed by atoms with van der Waals surface area (Å²) in [5.74, 6) is 1.76. The van der Waals surface area contributed by atoms with Crippen LogP contribution in [0.1, 0.15) is 42.5 Å². The molecule has 0 saturated heterocycles. The van der Waals surface area contributed by atoms with E-state index in [9.17, 15) is 16.8 Å². The van der Waals surface area contributed by atoms with Gasteiger partial charge in [-0.15, -0.1) is 24.8 Å². The molecule has 4 aromatic carbocycles. The molecule has 2 aliphatic heterocycles. The first-order valence-electron chi connectivity index (χ1n) is 15.5. The SMILES string of the molecule is CC1Cc2oc3c(Cl)cc(S(=O)(=O)c4ccccc4)cc3c2CN1.CC1NCCc2oc3c(Cl)cc(S(=O)(=O)c4ccccc4)cc3c21.Cl.Cl. The van der Waals surface area contributed by atoms with E-state index < -0.39 is 19.7 Å². The van der Waals surface area contributed by atoms with E-state index >= 15 is 0 Å². The molecule has 2 unspecified atom stereocenters. The van der Waals surface area contributed by atoms with Crippen LogP contribution in [0.2, 0.25) is 10.0 Å². The molecule has 8 nitrogen and oxygen atoms in total. The lowest BCUT2D eigenvalue weighted by Crippen LogP contribution is -2.32. The third-order valence-corrected chi connectivity index (χ3v) is 12.9. The number of nitrogens with one attached hydrogen (secondary N) is 2. The Kier molecular flexibility index (Phi) is 11.4. The first kappa shape index (κ1) is 38.2. The number of sulfone groups is 2. The molecule has 8 rings (SSSR count). The van der Waals surface area contributed by atoms with Crippen LogP contribution >= 0.6 is 48.0 Å². The molecule has 6 aromatic rings. The summed E-state index contributed by atoms with van der Waals surface area (Å²) < 4.78 is 63.3. The van der Waals surface area contributed by atoms with Crippen LogP contribution < -0.4 is 10.6 Å². The molecular weight excluding hydrogens is 762 g/mol. The summed E-state index contributed by atoms with van der Waals surface area (Å²) in [5, 5.41) is 8.93. The Hall–Kier alpha value is -3.06. The Labute approximate surface area is 313 Å². The van der Waals surface area contributed by atoms with Gasteiger partial charge in [-0.25, -0.2) is 16.8 Å². The van der Waals surface area contributed by atoms with Crippen molar-refractivity contribution in [1.29, 1.82) is 0 Å². The van der Waals surface area contributed by atoms with Crippen LogP contribution in [0.25, 0.3) is 21.9 Å². The predicted molar refractivity (Wildman–Crippen MR) is 201 cm³/mol. The average Bonchev–Trinajstić information content (AvgIpc) is 3.65. The molecule has 2 atom stereocenters. The van der Waals surface area contributed by atoms with Gasteiger partial charge in [0, 0.05) is 59.9 Å². The lowest BCUT2D eigenvalue weighted by molar-refractivity contribution is 0.439. The van der Waals surface area contributed by atoms with Crippen LogP contribution in [0.3, 0.4) is 0 Å². The molecule has 0 spiro atoms. The van der Waals surface area contributed by atoms with E-state index in [1.54, 1.807) is 72.8 Å². The summed E-state index contributed by atoms with van der Waals surface area (Å²) in [7, 11) is -7.24. The van der Waals surface area contributed by atoms with E-state index in [0.29, 0.717) is 33.8 Å². The highest BCUT2D eigenvalue weighted by Gasteiger charge is 2.28. The maximum Gasteiger partial charge on any atom is 0.206 e. The summed E-state index contributed by atoms with van der Waals surface area (Å²) in [6, 6.07) is 23.5. The normalized spacial score (nSPS) is 17.1. The van der Waals surface area contributed by atoms with E-state index in [4.69, 9.17) is 32.0 Å². The summed E-state index contributed by atoms with van der Waals surface area (Å²) in [5.41, 5.74) is 3.12. The van der Waals surface area contributed by atoms with E-state index in [1.807, 2.05) is 6.92 Å². The molecule has 2 N–H and O–H groups in total. The minimum absolute atomic E-state index is 0. The van der Waals surface area contributed by atoms with E-state index in [2.05, 4.69) is 17.6 Å². The second-order valence-corrected chi connectivity index (χ2v) is 16.8. The average molecular weight is 797 g/mol. The molecule has 0 aliphatic carbocycles. The van der Waals surface area contributed by atoms with E-state index in [1.165, 1.54) is 12.1 Å². The number of benzene rings is 4. The second-order valence-electron chi connectivity index (χ2n) is 12.1. The molecular formula is C36H34Cl4N2O6S2. The standard InChI is InChI=1S/2C18H16ClNO3S.2ClH/c1-11-7-17-15(10-20-11)14-8-13(9-16(19)18(14)23-17)24(21,22)12-5-3-2-4-6-12;1-11-17-14-9-13(24(21,22)12-5-3-2-4-6-12)10-15(19)18(14)23-16(17)7-8-20-11;;/h2-6,8-9,11,20H,7,10H2,1H3;2-6,9-11,20H,7-8H2,1H3;2*1H. The molecule has 14 heteroatoms. The lowest BCUT2D eigenvalue weighted by atomic mass is 9.99. The molecule has 50 heavy (non-hydrogen) atoms. The Morgan fingerprint density at radius 3 is 1.72 bits per heavy atom. The maximum atomic E-state index is 12.9. The van der Waals surface area contributed by atoms with Gasteiger partial charge in [-0.05, 0) is 62.4 Å². The molecule has 2 aromatic heterocycles. The summed E-state index contributed by atoms with van der Waals surface area (Å²) in [6.45, 7) is 5.61. The maximum absolute atomic E-state index is 12.9. The predicted octanol–water partition coefficient (Wildman–Crippen LogP) is 8.92. The first-order chi connectivity index (χ1) is 22.9. The van der Waals surface area contributed by atoms with Gasteiger partial charge in [0.2, 0.25) is 19.7 Å². The summed E-state index contributed by atoms with van der Waals surface area (Å²) >= 11 is 12.7. The van der Waals surface area contributed by atoms with Crippen molar-refractivity contribution in [3.8, 4) is 0 Å². The van der Waals surface area contributed by atoms with Crippen LogP contribution in [-0.4, -0.2) is 29.4 Å². The molecule has 0 amide bonds. The summed E-state index contributed by atoms with van der Waals surface area (Å²) in [4.78, 5) is 0.884. The highest BCUT2D eigenvalue weighted by molar-refractivity contribution is 7.91. The van der Waals surface area contributed by atoms with Gasteiger partial charge in [0.15, 0.2) is 11.2 Å². The summed E-state index contributed by atoms with van der Waals surface area (Å²) in [6.07, 6.45) is 1.53. The van der Waals surface area contributed by atoms with Crippen LogP contribution in [0, 0.1) is 0 Å². The largest absolute Gasteiger partial charge is 0.459 e. The van der Waals surface area contributed by atoms with E-state index in [-0.39, 0.29) is 50.4 Å². The van der Waals surface area contributed by atoms with Gasteiger partial charge < -0.3 is 19.5 Å². The smallest absolute Gasteiger partial charge is 0.206 e. The zero-order chi connectivity index (χ0) is 33.8. The van der Waals surface area contributed by atoms with Gasteiger partial charge >= 0.3 is 0 Å². The number of hydrogen-bond acceptors (Lipinski definition) is 8. The number of fused-ring (bicyclic) bond motifs is 6. The third kappa shape index (κ3) is 6.92. The van der Waals surface area contributed by atoms with Crippen molar-refractivity contribution in [2.75, 3.05) is 6.54 Å². The fourth-order valence-electron chi connectivity index (χ4n) is 6.36. The molecule has 4 heterocycles. The third-order valence-electron chi connectivity index (χ3n) is 8.82. The van der Waals surface area contributed by atoms with Crippen molar-refractivity contribution >= 4 is 89.6 Å². The minimum atomic E-state index is -3.62. The monoisotopic (exact) mass is 794 g/mol. The van der Waals surface area contributed by atoms with Crippen molar-refractivity contribution in [2.24, 2.45) is 0 Å². The number of rotatable bonds is 4. The number of halogens is 4. The fraction of sp³-hybridized carbons (Fsp3) is 0.222. The van der Waals surface area contributed by atoms with Gasteiger partial charge in [0.25, 0.3) is 0 Å². The van der Waals surface area contributed by atoms with Crippen LogP contribution in [-0.2, 0) is 39.1 Å². The quantitative estimate of drug-likeness (QED) is 0.182. The zero-order valence-electron chi connectivity index (χ0n) is 26.9. The minimum Gasteiger partial charge on any atom is -0.459 e. The number of furan rings is 2. The van der Waals surface area contributed by atoms with Gasteiger partial charge in [0.05, 0.1) is 29.6 Å². The Morgan fingerprint density at radius 1 is 0.660 bits per heavy atom. The van der Waals surface area contributed by atoms with Gasteiger partial charge in [0.1, 0.15) is 11.5 Å². The molecule has 0 radical (unpaired) electrons. The van der Waals surface area contributed by atoms with Crippen LogP contribution in [0.15, 0.2) is 113 Å². The zero-order valence-corrected chi connectivity index (χ0v) is 31.7. The fourth-order valence-corrected chi connectivity index (χ4v) is 9.68.